The second kappa shape index (κ2) is 7.46. The van der Waals surface area contributed by atoms with Crippen LogP contribution in [0.2, 0.25) is 0 Å². The maximum atomic E-state index is 12.8. The number of aryl methyl sites for hydroxylation is 1. The minimum absolute atomic E-state index is 0.173. The van der Waals surface area contributed by atoms with E-state index in [1.807, 2.05) is 6.92 Å². The summed E-state index contributed by atoms with van der Waals surface area (Å²) in [6.45, 7) is 5.26. The van der Waals surface area contributed by atoms with Gasteiger partial charge in [0.2, 0.25) is 0 Å². The Hall–Kier alpha value is -3.16. The zero-order valence-electron chi connectivity index (χ0n) is 15.5. The number of aromatic nitrogens is 2. The molecule has 28 heavy (non-hydrogen) atoms. The highest BCUT2D eigenvalue weighted by atomic mass is 19.4. The first kappa shape index (κ1) is 19.6. The van der Waals surface area contributed by atoms with E-state index in [0.717, 1.165) is 17.8 Å². The van der Waals surface area contributed by atoms with Crippen molar-refractivity contribution < 1.29 is 22.7 Å². The zero-order valence-corrected chi connectivity index (χ0v) is 15.5. The van der Waals surface area contributed by atoms with Gasteiger partial charge in [0, 0.05) is 23.0 Å². The third-order valence-corrected chi connectivity index (χ3v) is 3.91. The number of pyridine rings is 2. The van der Waals surface area contributed by atoms with Crippen LogP contribution in [0.15, 0.2) is 42.6 Å². The molecule has 0 saturated heterocycles. The standard InChI is InChI=1S/C20H18F3N3O2/c1-11(2)28-19(27)16-10-24-18-15(9-4-12(3)25-18)17(16)26-14-7-5-13(6-8-14)20(21,22)23/h4-11H,1-3H3,(H,24,25,26). The highest BCUT2D eigenvalue weighted by Crippen LogP contribution is 2.32. The highest BCUT2D eigenvalue weighted by molar-refractivity contribution is 6.05. The summed E-state index contributed by atoms with van der Waals surface area (Å²) >= 11 is 0. The quantitative estimate of drug-likeness (QED) is 0.616. The van der Waals surface area contributed by atoms with E-state index < -0.39 is 17.7 Å². The molecule has 146 valence electrons. The van der Waals surface area contributed by atoms with E-state index in [0.29, 0.717) is 22.4 Å². The normalized spacial score (nSPS) is 11.7. The lowest BCUT2D eigenvalue weighted by Crippen LogP contribution is -2.14. The molecule has 0 radical (unpaired) electrons. The van der Waals surface area contributed by atoms with Crippen LogP contribution < -0.4 is 5.32 Å². The molecule has 0 bridgehead atoms. The van der Waals surface area contributed by atoms with Gasteiger partial charge in [-0.2, -0.15) is 13.2 Å². The molecule has 5 nitrogen and oxygen atoms in total. The van der Waals surface area contributed by atoms with Crippen LogP contribution in [0, 0.1) is 6.92 Å². The van der Waals surface area contributed by atoms with E-state index in [2.05, 4.69) is 15.3 Å². The van der Waals surface area contributed by atoms with Gasteiger partial charge in [-0.15, -0.1) is 0 Å². The number of esters is 1. The number of alkyl halides is 3. The zero-order chi connectivity index (χ0) is 20.5. The van der Waals surface area contributed by atoms with Crippen molar-refractivity contribution in [3.63, 3.8) is 0 Å². The van der Waals surface area contributed by atoms with Gasteiger partial charge in [-0.1, -0.05) is 0 Å². The number of nitrogens with one attached hydrogen (secondary N) is 1. The van der Waals surface area contributed by atoms with Crippen LogP contribution in [0.25, 0.3) is 11.0 Å². The summed E-state index contributed by atoms with van der Waals surface area (Å²) in [4.78, 5) is 21.0. The van der Waals surface area contributed by atoms with Crippen LogP contribution in [0.5, 0.6) is 0 Å². The Morgan fingerprint density at radius 2 is 1.79 bits per heavy atom. The molecule has 1 N–H and O–H groups in total. The van der Waals surface area contributed by atoms with Crippen molar-refractivity contribution >= 4 is 28.4 Å². The van der Waals surface area contributed by atoms with Crippen LogP contribution in [0.4, 0.5) is 24.5 Å². The summed E-state index contributed by atoms with van der Waals surface area (Å²) in [6, 6.07) is 8.06. The van der Waals surface area contributed by atoms with Crippen molar-refractivity contribution in [2.24, 2.45) is 0 Å². The molecule has 0 fully saturated rings. The third-order valence-electron chi connectivity index (χ3n) is 3.91. The second-order valence-corrected chi connectivity index (χ2v) is 6.52. The van der Waals surface area contributed by atoms with Gasteiger partial charge < -0.3 is 10.1 Å². The molecule has 8 heteroatoms. The van der Waals surface area contributed by atoms with Crippen molar-refractivity contribution in [1.29, 1.82) is 0 Å². The lowest BCUT2D eigenvalue weighted by atomic mass is 10.1. The molecule has 0 atom stereocenters. The number of halogens is 3. The van der Waals surface area contributed by atoms with E-state index in [4.69, 9.17) is 4.74 Å². The molecule has 3 rings (SSSR count). The first-order valence-electron chi connectivity index (χ1n) is 8.57. The number of hydrogen-bond acceptors (Lipinski definition) is 5. The lowest BCUT2D eigenvalue weighted by molar-refractivity contribution is -0.137. The molecule has 0 aliphatic heterocycles. The number of carbonyl (C=O) groups excluding carboxylic acids is 1. The van der Waals surface area contributed by atoms with Crippen molar-refractivity contribution in [1.82, 2.24) is 9.97 Å². The van der Waals surface area contributed by atoms with Crippen LogP contribution in [-0.4, -0.2) is 22.0 Å². The number of anilines is 2. The Balaban J connectivity index is 2.07. The van der Waals surface area contributed by atoms with E-state index in [-0.39, 0.29) is 11.7 Å². The number of ether oxygens (including phenoxy) is 1. The molecular formula is C20H18F3N3O2. The van der Waals surface area contributed by atoms with E-state index in [1.165, 1.54) is 18.3 Å². The number of nitrogens with zero attached hydrogens (tertiary/aromatic N) is 2. The predicted molar refractivity (Wildman–Crippen MR) is 99.6 cm³/mol. The molecule has 0 aliphatic carbocycles. The summed E-state index contributed by atoms with van der Waals surface area (Å²) in [7, 11) is 0. The van der Waals surface area contributed by atoms with Gasteiger partial charge in [-0.05, 0) is 57.2 Å². The average Bonchev–Trinajstić information content (AvgIpc) is 2.60. The number of fused-ring (bicyclic) bond motifs is 1. The molecule has 3 aromatic rings. The SMILES string of the molecule is Cc1ccc2c(Nc3ccc(C(F)(F)F)cc3)c(C(=O)OC(C)C)cnc2n1. The molecule has 2 aromatic heterocycles. The summed E-state index contributed by atoms with van der Waals surface area (Å²) in [5.74, 6) is -0.584. The van der Waals surface area contributed by atoms with Gasteiger partial charge in [0.15, 0.2) is 5.65 Å². The number of benzene rings is 1. The largest absolute Gasteiger partial charge is 0.459 e. The van der Waals surface area contributed by atoms with Crippen molar-refractivity contribution in [2.45, 2.75) is 33.1 Å². The summed E-state index contributed by atoms with van der Waals surface area (Å²) in [5.41, 5.74) is 1.34. The molecule has 0 amide bonds. The van der Waals surface area contributed by atoms with Gasteiger partial charge in [0.25, 0.3) is 0 Å². The monoisotopic (exact) mass is 389 g/mol. The first-order valence-corrected chi connectivity index (χ1v) is 8.57. The number of rotatable bonds is 4. The maximum Gasteiger partial charge on any atom is 0.416 e. The molecule has 0 aliphatic rings. The smallest absolute Gasteiger partial charge is 0.416 e. The minimum Gasteiger partial charge on any atom is -0.459 e. The van der Waals surface area contributed by atoms with Gasteiger partial charge in [-0.3, -0.25) is 0 Å². The Kier molecular flexibility index (Phi) is 5.22. The molecular weight excluding hydrogens is 371 g/mol. The fraction of sp³-hybridized carbons (Fsp3) is 0.250. The highest BCUT2D eigenvalue weighted by Gasteiger charge is 2.30. The Labute approximate surface area is 159 Å². The van der Waals surface area contributed by atoms with E-state index >= 15 is 0 Å². The third kappa shape index (κ3) is 4.21. The number of carbonyl (C=O) groups is 1. The fourth-order valence-electron chi connectivity index (χ4n) is 2.63. The van der Waals surface area contributed by atoms with Gasteiger partial charge in [-0.25, -0.2) is 14.8 Å². The van der Waals surface area contributed by atoms with Crippen LogP contribution in [0.3, 0.4) is 0 Å². The molecule has 1 aromatic carbocycles. The molecule has 2 heterocycles. The minimum atomic E-state index is -4.42. The maximum absolute atomic E-state index is 12.8. The Bertz CT molecular complexity index is 1020. The first-order chi connectivity index (χ1) is 13.1. The fourth-order valence-corrected chi connectivity index (χ4v) is 2.63. The Morgan fingerprint density at radius 3 is 2.39 bits per heavy atom. The lowest BCUT2D eigenvalue weighted by Gasteiger charge is -2.16. The number of hydrogen-bond donors (Lipinski definition) is 1. The van der Waals surface area contributed by atoms with Crippen molar-refractivity contribution in [3.05, 3.63) is 59.4 Å². The van der Waals surface area contributed by atoms with Gasteiger partial charge in [0.05, 0.1) is 17.4 Å². The topological polar surface area (TPSA) is 64.1 Å². The van der Waals surface area contributed by atoms with Crippen molar-refractivity contribution in [3.8, 4) is 0 Å². The Morgan fingerprint density at radius 1 is 1.11 bits per heavy atom. The summed E-state index contributed by atoms with van der Waals surface area (Å²) in [5, 5.41) is 3.58. The predicted octanol–water partition coefficient (Wildman–Crippen LogP) is 5.27. The summed E-state index contributed by atoms with van der Waals surface area (Å²) < 4.78 is 43.6. The van der Waals surface area contributed by atoms with Crippen LogP contribution in [-0.2, 0) is 10.9 Å². The molecule has 0 spiro atoms. The van der Waals surface area contributed by atoms with Crippen LogP contribution in [0.1, 0.15) is 35.5 Å². The van der Waals surface area contributed by atoms with Crippen molar-refractivity contribution in [2.75, 3.05) is 5.32 Å². The van der Waals surface area contributed by atoms with E-state index in [9.17, 15) is 18.0 Å². The van der Waals surface area contributed by atoms with Gasteiger partial charge >= 0.3 is 12.1 Å². The molecule has 0 saturated carbocycles. The summed E-state index contributed by atoms with van der Waals surface area (Å²) in [6.07, 6.45) is -3.40. The second-order valence-electron chi connectivity index (χ2n) is 6.52. The average molecular weight is 389 g/mol. The molecule has 0 unspecified atom stereocenters. The van der Waals surface area contributed by atoms with Crippen LogP contribution >= 0.6 is 0 Å². The van der Waals surface area contributed by atoms with Gasteiger partial charge in [0.1, 0.15) is 5.56 Å². The van der Waals surface area contributed by atoms with E-state index in [1.54, 1.807) is 26.0 Å².